The van der Waals surface area contributed by atoms with Gasteiger partial charge in [-0.1, -0.05) is 30.8 Å². The minimum Gasteiger partial charge on any atom is -0.494 e. The van der Waals surface area contributed by atoms with Gasteiger partial charge in [-0.25, -0.2) is 4.68 Å². The smallest absolute Gasteiger partial charge is 0.313 e. The van der Waals surface area contributed by atoms with Crippen LogP contribution in [0.1, 0.15) is 13.3 Å². The number of hydrogen-bond acceptors (Lipinski definition) is 6. The van der Waals surface area contributed by atoms with Gasteiger partial charge in [0.25, 0.3) is 0 Å². The first kappa shape index (κ1) is 15.2. The number of nitrogens with zero attached hydrogens (tertiary/aromatic N) is 3. The van der Waals surface area contributed by atoms with Crippen LogP contribution in [-0.4, -0.2) is 38.3 Å². The highest BCUT2D eigenvalue weighted by atomic mass is 32.2. The molecule has 2 aromatic rings. The number of benzene rings is 1. The van der Waals surface area contributed by atoms with Gasteiger partial charge in [0.05, 0.1) is 12.4 Å². The molecule has 1 aromatic heterocycles. The highest BCUT2D eigenvalue weighted by Gasteiger charge is 2.13. The zero-order chi connectivity index (χ0) is 15.2. The standard InChI is InChI=1S/C13H16N4O3S/c1-2-6-20-10-5-3-4-9(7-10)12-15-16-13(17(12)14)21-8-11(18)19/h3-5,7H,2,6,8,14H2,1H3,(H,18,19). The van der Waals surface area contributed by atoms with E-state index >= 15 is 0 Å². The number of carboxylic acids is 1. The van der Waals surface area contributed by atoms with Gasteiger partial charge in [0.2, 0.25) is 5.16 Å². The molecule has 0 saturated carbocycles. The number of ether oxygens (including phenoxy) is 1. The van der Waals surface area contributed by atoms with Gasteiger partial charge < -0.3 is 15.7 Å². The Bertz CT molecular complexity index is 630. The minimum atomic E-state index is -0.931. The number of nitrogens with two attached hydrogens (primary N) is 1. The molecule has 0 unspecified atom stereocenters. The molecule has 0 saturated heterocycles. The molecule has 1 aromatic carbocycles. The van der Waals surface area contributed by atoms with Gasteiger partial charge in [-0.3, -0.25) is 4.79 Å². The molecule has 0 aliphatic heterocycles. The molecule has 0 fully saturated rings. The molecule has 21 heavy (non-hydrogen) atoms. The number of carboxylic acid groups (broad SMARTS) is 1. The molecule has 0 aliphatic rings. The van der Waals surface area contributed by atoms with Crippen LogP contribution in [-0.2, 0) is 4.79 Å². The Morgan fingerprint density at radius 3 is 3.00 bits per heavy atom. The molecule has 0 bridgehead atoms. The van der Waals surface area contributed by atoms with Crippen LogP contribution in [0.2, 0.25) is 0 Å². The summed E-state index contributed by atoms with van der Waals surface area (Å²) in [7, 11) is 0. The number of rotatable bonds is 7. The molecule has 8 heteroatoms. The number of aliphatic carboxylic acids is 1. The molecule has 0 radical (unpaired) electrons. The third-order valence-electron chi connectivity index (χ3n) is 2.55. The van der Waals surface area contributed by atoms with E-state index in [9.17, 15) is 4.79 Å². The van der Waals surface area contributed by atoms with E-state index in [1.54, 1.807) is 0 Å². The van der Waals surface area contributed by atoms with Crippen LogP contribution in [0.4, 0.5) is 0 Å². The number of thioether (sulfide) groups is 1. The van der Waals surface area contributed by atoms with Gasteiger partial charge in [0, 0.05) is 5.56 Å². The van der Waals surface area contributed by atoms with E-state index < -0.39 is 5.97 Å². The fraction of sp³-hybridized carbons (Fsp3) is 0.308. The fourth-order valence-electron chi connectivity index (χ4n) is 1.64. The lowest BCUT2D eigenvalue weighted by Crippen LogP contribution is -2.12. The summed E-state index contributed by atoms with van der Waals surface area (Å²) in [5, 5.41) is 16.9. The molecule has 7 nitrogen and oxygen atoms in total. The molecule has 1 heterocycles. The first-order chi connectivity index (χ1) is 10.1. The average Bonchev–Trinajstić information content (AvgIpc) is 2.84. The molecule has 0 atom stereocenters. The molecule has 0 spiro atoms. The number of aromatic nitrogens is 3. The third kappa shape index (κ3) is 3.88. The normalized spacial score (nSPS) is 10.5. The first-order valence-electron chi connectivity index (χ1n) is 6.40. The Hall–Kier alpha value is -2.22. The Kier molecular flexibility index (Phi) is 5.04. The first-order valence-corrected chi connectivity index (χ1v) is 7.38. The van der Waals surface area contributed by atoms with Crippen LogP contribution in [0.15, 0.2) is 29.4 Å². The Morgan fingerprint density at radius 2 is 2.29 bits per heavy atom. The van der Waals surface area contributed by atoms with Gasteiger partial charge >= 0.3 is 5.97 Å². The number of nitrogen functional groups attached to an aromatic ring is 1. The largest absolute Gasteiger partial charge is 0.494 e. The summed E-state index contributed by atoms with van der Waals surface area (Å²) in [6.07, 6.45) is 0.924. The second-order valence-electron chi connectivity index (χ2n) is 4.23. The molecule has 0 aliphatic carbocycles. The van der Waals surface area contributed by atoms with E-state index in [2.05, 4.69) is 10.2 Å². The van der Waals surface area contributed by atoms with Crippen LogP contribution in [0, 0.1) is 0 Å². The summed E-state index contributed by atoms with van der Waals surface area (Å²) in [6, 6.07) is 7.38. The Balaban J connectivity index is 2.20. The van der Waals surface area contributed by atoms with Crippen molar-refractivity contribution in [3.63, 3.8) is 0 Å². The summed E-state index contributed by atoms with van der Waals surface area (Å²) >= 11 is 1.02. The van der Waals surface area contributed by atoms with Crippen molar-refractivity contribution in [2.24, 2.45) is 0 Å². The van der Waals surface area contributed by atoms with E-state index in [0.29, 0.717) is 17.6 Å². The lowest BCUT2D eigenvalue weighted by Gasteiger charge is -2.07. The summed E-state index contributed by atoms with van der Waals surface area (Å²) in [4.78, 5) is 10.6. The van der Waals surface area contributed by atoms with Crippen molar-refractivity contribution in [1.82, 2.24) is 14.9 Å². The zero-order valence-corrected chi connectivity index (χ0v) is 12.3. The second kappa shape index (κ2) is 6.98. The predicted molar refractivity (Wildman–Crippen MR) is 79.8 cm³/mol. The van der Waals surface area contributed by atoms with E-state index in [0.717, 1.165) is 29.5 Å². The van der Waals surface area contributed by atoms with Gasteiger partial charge in [0.1, 0.15) is 5.75 Å². The van der Waals surface area contributed by atoms with Crippen LogP contribution >= 0.6 is 11.8 Å². The maximum atomic E-state index is 10.6. The second-order valence-corrected chi connectivity index (χ2v) is 5.18. The average molecular weight is 308 g/mol. The predicted octanol–water partition coefficient (Wildman–Crippen LogP) is 1.62. The fourth-order valence-corrected chi connectivity index (χ4v) is 2.22. The lowest BCUT2D eigenvalue weighted by atomic mass is 10.2. The zero-order valence-electron chi connectivity index (χ0n) is 11.5. The summed E-state index contributed by atoms with van der Waals surface area (Å²) in [5.41, 5.74) is 0.765. The van der Waals surface area contributed by atoms with E-state index in [4.69, 9.17) is 15.7 Å². The third-order valence-corrected chi connectivity index (χ3v) is 3.48. The van der Waals surface area contributed by atoms with E-state index in [1.165, 1.54) is 4.68 Å². The van der Waals surface area contributed by atoms with Crippen LogP contribution in [0.3, 0.4) is 0 Å². The van der Waals surface area contributed by atoms with Gasteiger partial charge in [-0.15, -0.1) is 10.2 Å². The van der Waals surface area contributed by atoms with E-state index in [-0.39, 0.29) is 5.75 Å². The molecule has 112 valence electrons. The van der Waals surface area contributed by atoms with Gasteiger partial charge in [-0.05, 0) is 18.6 Å². The minimum absolute atomic E-state index is 0.116. The summed E-state index contributed by atoms with van der Waals surface area (Å²) < 4.78 is 6.85. The molecule has 2 rings (SSSR count). The monoisotopic (exact) mass is 308 g/mol. The van der Waals surface area contributed by atoms with Gasteiger partial charge in [0.15, 0.2) is 5.82 Å². The molecule has 3 N–H and O–H groups in total. The van der Waals surface area contributed by atoms with E-state index in [1.807, 2.05) is 31.2 Å². The number of carbonyl (C=O) groups is 1. The van der Waals surface area contributed by atoms with Gasteiger partial charge in [-0.2, -0.15) is 0 Å². The van der Waals surface area contributed by atoms with Crippen molar-refractivity contribution < 1.29 is 14.6 Å². The van der Waals surface area contributed by atoms with Crippen molar-refractivity contribution in [2.75, 3.05) is 18.2 Å². The highest BCUT2D eigenvalue weighted by molar-refractivity contribution is 7.99. The number of hydrogen-bond donors (Lipinski definition) is 2. The SMILES string of the molecule is CCCOc1cccc(-c2nnc(SCC(=O)O)n2N)c1. The van der Waals surface area contributed by atoms with Crippen LogP contribution < -0.4 is 10.6 Å². The van der Waals surface area contributed by atoms with Crippen LogP contribution in [0.5, 0.6) is 5.75 Å². The summed E-state index contributed by atoms with van der Waals surface area (Å²) in [5.74, 6) is 6.06. The summed E-state index contributed by atoms with van der Waals surface area (Å²) in [6.45, 7) is 2.67. The maximum Gasteiger partial charge on any atom is 0.313 e. The van der Waals surface area contributed by atoms with Crippen molar-refractivity contribution >= 4 is 17.7 Å². The Morgan fingerprint density at radius 1 is 1.48 bits per heavy atom. The van der Waals surface area contributed by atoms with Crippen LogP contribution in [0.25, 0.3) is 11.4 Å². The van der Waals surface area contributed by atoms with Crippen molar-refractivity contribution in [3.8, 4) is 17.1 Å². The van der Waals surface area contributed by atoms with Crippen molar-refractivity contribution in [2.45, 2.75) is 18.5 Å². The topological polar surface area (TPSA) is 103 Å². The van der Waals surface area contributed by atoms with Crippen molar-refractivity contribution in [3.05, 3.63) is 24.3 Å². The molecular weight excluding hydrogens is 292 g/mol. The van der Waals surface area contributed by atoms with Crippen molar-refractivity contribution in [1.29, 1.82) is 0 Å². The molecular formula is C13H16N4O3S. The highest BCUT2D eigenvalue weighted by Crippen LogP contribution is 2.24. The quantitative estimate of drug-likeness (QED) is 0.591. The lowest BCUT2D eigenvalue weighted by molar-refractivity contribution is -0.133. The Labute approximate surface area is 126 Å². The maximum absolute atomic E-state index is 10.6. The molecule has 0 amide bonds.